The third-order valence-electron chi connectivity index (χ3n) is 13.7. The molecule has 1 N–H and O–H groups in total. The molecule has 0 saturated carbocycles. The van der Waals surface area contributed by atoms with E-state index < -0.39 is 26.6 Å². The van der Waals surface area contributed by atoms with Crippen molar-refractivity contribution in [2.75, 3.05) is 40.9 Å². The number of amides is 1. The van der Waals surface area contributed by atoms with Crippen LogP contribution in [0, 0.1) is 0 Å². The molecule has 0 aliphatic carbocycles. The number of carbonyl (C=O) groups is 2. The van der Waals surface area contributed by atoms with Gasteiger partial charge in [0.1, 0.15) is 19.3 Å². The van der Waals surface area contributed by atoms with E-state index >= 15 is 0 Å². The second kappa shape index (κ2) is 57.9. The molecule has 0 rings (SSSR count). The number of unbranched alkanes of at least 4 members (excludes halogenated alkanes) is 25. The van der Waals surface area contributed by atoms with Gasteiger partial charge < -0.3 is 28.5 Å². The van der Waals surface area contributed by atoms with Crippen LogP contribution in [0.3, 0.4) is 0 Å². The van der Waals surface area contributed by atoms with Gasteiger partial charge in [-0.2, -0.15) is 0 Å². The maximum Gasteiger partial charge on any atom is 0.306 e. The highest BCUT2D eigenvalue weighted by molar-refractivity contribution is 7.45. The van der Waals surface area contributed by atoms with Crippen LogP contribution in [0.15, 0.2) is 109 Å². The highest BCUT2D eigenvalue weighted by Gasteiger charge is 2.27. The monoisotopic (exact) mass is 1120 g/mol. The van der Waals surface area contributed by atoms with Crippen LogP contribution >= 0.6 is 7.82 Å². The SMILES string of the molecule is CC/C=C\C/C=C\C/C=C\C/C=C\C/C=C\C/C=C\CCCCCCCCCCC(=O)NC(COP(=O)([O-])OCC[N+](C)(C)C)C(/C=C\CCCCCCCCCCCC)OC(=O)CCCCCCCCC/C=C/C/C=C/CC. The lowest BCUT2D eigenvalue weighted by atomic mass is 10.0. The van der Waals surface area contributed by atoms with Gasteiger partial charge in [0, 0.05) is 12.8 Å². The largest absolute Gasteiger partial charge is 0.756 e. The number of esters is 1. The van der Waals surface area contributed by atoms with E-state index in [2.05, 4.69) is 123 Å². The first-order chi connectivity index (χ1) is 38.4. The van der Waals surface area contributed by atoms with Gasteiger partial charge in [-0.05, 0) is 109 Å². The molecule has 3 atom stereocenters. The number of hydrogen-bond donors (Lipinski definition) is 1. The first-order valence-electron chi connectivity index (χ1n) is 32.2. The summed E-state index contributed by atoms with van der Waals surface area (Å²) in [7, 11) is 1.16. The summed E-state index contributed by atoms with van der Waals surface area (Å²) in [5.74, 6) is -0.564. The van der Waals surface area contributed by atoms with Crippen LogP contribution < -0.4 is 10.2 Å². The molecule has 0 fully saturated rings. The van der Waals surface area contributed by atoms with Crippen LogP contribution in [-0.4, -0.2) is 69.4 Å². The summed E-state index contributed by atoms with van der Waals surface area (Å²) in [4.78, 5) is 40.0. The number of hydrogen-bond acceptors (Lipinski definition) is 7. The van der Waals surface area contributed by atoms with Gasteiger partial charge >= 0.3 is 5.97 Å². The van der Waals surface area contributed by atoms with E-state index in [0.29, 0.717) is 17.4 Å². The van der Waals surface area contributed by atoms with Gasteiger partial charge in [0.2, 0.25) is 5.91 Å². The fourth-order valence-electron chi connectivity index (χ4n) is 8.80. The molecule has 9 nitrogen and oxygen atoms in total. The Kier molecular flexibility index (Phi) is 55.4. The Morgan fingerprint density at radius 2 is 0.810 bits per heavy atom. The zero-order valence-corrected chi connectivity index (χ0v) is 52.7. The van der Waals surface area contributed by atoms with Crippen molar-refractivity contribution < 1.29 is 37.3 Å². The lowest BCUT2D eigenvalue weighted by molar-refractivity contribution is -0.870. The molecule has 0 aromatic rings. The first-order valence-corrected chi connectivity index (χ1v) is 33.7. The van der Waals surface area contributed by atoms with E-state index in [4.69, 9.17) is 13.8 Å². The van der Waals surface area contributed by atoms with Crippen LogP contribution in [0.4, 0.5) is 0 Å². The Balaban J connectivity index is 5.13. The number of nitrogens with zero attached hydrogens (tertiary/aromatic N) is 1. The predicted molar refractivity (Wildman–Crippen MR) is 339 cm³/mol. The molecule has 454 valence electrons. The van der Waals surface area contributed by atoms with Gasteiger partial charge in [-0.1, -0.05) is 252 Å². The molecule has 0 aliphatic rings. The fourth-order valence-corrected chi connectivity index (χ4v) is 9.52. The van der Waals surface area contributed by atoms with Gasteiger partial charge in [-0.15, -0.1) is 0 Å². The lowest BCUT2D eigenvalue weighted by Crippen LogP contribution is -2.47. The maximum absolute atomic E-state index is 13.6. The van der Waals surface area contributed by atoms with Crippen molar-refractivity contribution in [1.29, 1.82) is 0 Å². The molecule has 0 radical (unpaired) electrons. The van der Waals surface area contributed by atoms with E-state index in [9.17, 15) is 19.0 Å². The van der Waals surface area contributed by atoms with Crippen molar-refractivity contribution in [1.82, 2.24) is 5.32 Å². The number of nitrogens with one attached hydrogen (secondary N) is 1. The molecule has 0 spiro atoms. The minimum absolute atomic E-state index is 0.0304. The normalized spacial score (nSPS) is 14.4. The summed E-state index contributed by atoms with van der Waals surface area (Å²) < 4.78 is 30.3. The molecule has 0 aliphatic heterocycles. The van der Waals surface area contributed by atoms with E-state index in [1.54, 1.807) is 0 Å². The Morgan fingerprint density at radius 1 is 0.456 bits per heavy atom. The molecule has 0 bridgehead atoms. The number of rotatable bonds is 57. The molecule has 0 heterocycles. The zero-order chi connectivity index (χ0) is 57.9. The van der Waals surface area contributed by atoms with Crippen molar-refractivity contribution in [2.45, 2.75) is 277 Å². The standard InChI is InChI=1S/C69H121N2O7P/c1-7-10-13-16-19-22-25-28-30-31-32-33-34-35-36-37-38-39-40-41-42-43-46-49-52-55-58-61-68(72)70-66(65-77-79(74,75)76-64-63-71(4,5)6)67(60-57-54-51-48-45-27-24-21-18-15-12-9-3)78-69(73)62-59-56-53-50-47-44-29-26-23-20-17-14-11-8-2/h10-11,13-14,19-20,22-23,28,30,32-33,35-36,38-39,57,60,66-67H,7-9,12,15-18,21,24-27,29,31,34,37,40-56,58-59,61-65H2,1-6H3,(H-,70,72,74,75)/b13-10-,14-11+,22-19-,23-20+,30-28-,33-32-,36-35-,39-38-,60-57-. The minimum atomic E-state index is -4.71. The molecule has 3 unspecified atom stereocenters. The molecule has 79 heavy (non-hydrogen) atoms. The molecule has 0 aromatic carbocycles. The van der Waals surface area contributed by atoms with Gasteiger partial charge in [0.25, 0.3) is 7.82 Å². The van der Waals surface area contributed by atoms with Gasteiger partial charge in [-0.25, -0.2) is 0 Å². The predicted octanol–water partition coefficient (Wildman–Crippen LogP) is 19.5. The van der Waals surface area contributed by atoms with E-state index in [0.717, 1.165) is 135 Å². The maximum atomic E-state index is 13.6. The number of phosphoric ester groups is 1. The van der Waals surface area contributed by atoms with Crippen molar-refractivity contribution in [3.05, 3.63) is 109 Å². The Morgan fingerprint density at radius 3 is 1.22 bits per heavy atom. The molecule has 0 aromatic heterocycles. The number of carbonyl (C=O) groups excluding carboxylic acids is 2. The topological polar surface area (TPSA) is 114 Å². The number of allylic oxidation sites excluding steroid dienone is 17. The van der Waals surface area contributed by atoms with Gasteiger partial charge in [0.15, 0.2) is 0 Å². The molecule has 0 saturated heterocycles. The van der Waals surface area contributed by atoms with E-state index in [1.807, 2.05) is 33.3 Å². The van der Waals surface area contributed by atoms with Gasteiger partial charge in [-0.3, -0.25) is 14.2 Å². The summed E-state index contributed by atoms with van der Waals surface area (Å²) >= 11 is 0. The van der Waals surface area contributed by atoms with Crippen LogP contribution in [0.5, 0.6) is 0 Å². The lowest BCUT2D eigenvalue weighted by Gasteiger charge is -2.30. The second-order valence-electron chi connectivity index (χ2n) is 22.5. The van der Waals surface area contributed by atoms with E-state index in [-0.39, 0.29) is 24.9 Å². The third kappa shape index (κ3) is 59.1. The van der Waals surface area contributed by atoms with E-state index in [1.165, 1.54) is 96.3 Å². The average molecular weight is 1120 g/mol. The van der Waals surface area contributed by atoms with Crippen molar-refractivity contribution >= 4 is 19.7 Å². The third-order valence-corrected chi connectivity index (χ3v) is 14.7. The quantitative estimate of drug-likeness (QED) is 0.0212. The Bertz CT molecular complexity index is 1720. The van der Waals surface area contributed by atoms with Gasteiger partial charge in [0.05, 0.1) is 33.8 Å². The molecule has 10 heteroatoms. The fraction of sp³-hybridized carbons (Fsp3) is 0.710. The van der Waals surface area contributed by atoms with Crippen LogP contribution in [-0.2, 0) is 27.9 Å². The Hall–Kier alpha value is -3.33. The second-order valence-corrected chi connectivity index (χ2v) is 23.9. The van der Waals surface area contributed by atoms with Crippen LogP contribution in [0.1, 0.15) is 265 Å². The summed E-state index contributed by atoms with van der Waals surface area (Å²) in [5, 5.41) is 3.02. The minimum Gasteiger partial charge on any atom is -0.756 e. The highest BCUT2D eigenvalue weighted by Crippen LogP contribution is 2.38. The van der Waals surface area contributed by atoms with Crippen molar-refractivity contribution in [2.24, 2.45) is 0 Å². The summed E-state index contributed by atoms with van der Waals surface area (Å²) in [5.41, 5.74) is 0. The Labute approximate surface area is 487 Å². The molecule has 1 amide bonds. The summed E-state index contributed by atoms with van der Waals surface area (Å²) in [6, 6.07) is -0.903. The summed E-state index contributed by atoms with van der Waals surface area (Å²) in [6.45, 7) is 6.61. The smallest absolute Gasteiger partial charge is 0.306 e. The number of ether oxygens (including phenoxy) is 1. The van der Waals surface area contributed by atoms with Crippen molar-refractivity contribution in [3.63, 3.8) is 0 Å². The highest BCUT2D eigenvalue weighted by atomic mass is 31.2. The van der Waals surface area contributed by atoms with Crippen LogP contribution in [0.25, 0.3) is 0 Å². The number of quaternary nitrogens is 1. The first kappa shape index (κ1) is 75.7. The summed E-state index contributed by atoms with van der Waals surface area (Å²) in [6.07, 6.45) is 79.2. The zero-order valence-electron chi connectivity index (χ0n) is 51.8. The molecular weight excluding hydrogens is 1000 g/mol. The van der Waals surface area contributed by atoms with Crippen molar-refractivity contribution in [3.8, 4) is 0 Å². The number of phosphoric acid groups is 1. The molecular formula is C69H121N2O7P. The van der Waals surface area contributed by atoms with Crippen LogP contribution in [0.2, 0.25) is 0 Å². The average Bonchev–Trinajstić information content (AvgIpc) is 3.41. The number of likely N-dealkylation sites (N-methyl/N-ethyl adjacent to an activating group) is 1.